The van der Waals surface area contributed by atoms with Crippen molar-refractivity contribution >= 4 is 17.8 Å². The summed E-state index contributed by atoms with van der Waals surface area (Å²) >= 11 is 0. The van der Waals surface area contributed by atoms with Crippen LogP contribution in [0.3, 0.4) is 0 Å². The maximum absolute atomic E-state index is 16.3. The van der Waals surface area contributed by atoms with E-state index in [4.69, 9.17) is 40.4 Å². The summed E-state index contributed by atoms with van der Waals surface area (Å²) in [6.07, 6.45) is -8.32. The van der Waals surface area contributed by atoms with E-state index in [1.54, 1.807) is 42.6 Å². The van der Waals surface area contributed by atoms with Gasteiger partial charge in [-0.05, 0) is 44.3 Å². The van der Waals surface area contributed by atoms with Crippen LogP contribution in [0, 0.1) is 16.6 Å². The van der Waals surface area contributed by atoms with E-state index in [-0.39, 0.29) is 41.4 Å². The van der Waals surface area contributed by atoms with Gasteiger partial charge in [0.05, 0.1) is 19.6 Å². The predicted molar refractivity (Wildman–Crippen MR) is 183 cm³/mol. The number of carboxylic acid groups (broad SMARTS) is 2. The van der Waals surface area contributed by atoms with Crippen LogP contribution < -0.4 is 20.9 Å². The molecule has 0 aliphatic carbocycles. The van der Waals surface area contributed by atoms with E-state index >= 15 is 4.39 Å². The standard InChI is InChI=1S/C30H36FN7O3.2C2HF3O2/c1-30(2,17-37(3)4)18-41-24-16-21(40-5)15-22(26(24)31)23(14-19-9-11-20(12-10-19)27(32)33)28-35-29(39)38(36-28)25-8-6-7-13-34-25;2*3-2(4,5)1(6)7/h6-13,15-16,23H,14,17-18H2,1-5H3,(H3,32,33)(H,35,36,39);2*(H,6,7). The Hall–Kier alpha value is -5.99. The van der Waals surface area contributed by atoms with E-state index in [0.29, 0.717) is 17.1 Å². The van der Waals surface area contributed by atoms with E-state index in [9.17, 15) is 31.1 Å². The highest BCUT2D eigenvalue weighted by Crippen LogP contribution is 2.36. The summed E-state index contributed by atoms with van der Waals surface area (Å²) in [6, 6.07) is 15.4. The molecular formula is C34H38F7N7O7. The zero-order chi connectivity index (χ0) is 41.9. The van der Waals surface area contributed by atoms with Crippen molar-refractivity contribution in [1.82, 2.24) is 24.6 Å². The third-order valence-corrected chi connectivity index (χ3v) is 7.04. The minimum absolute atomic E-state index is 0.0506. The van der Waals surface area contributed by atoms with Crippen LogP contribution in [0.2, 0.25) is 0 Å². The molecule has 0 fully saturated rings. The summed E-state index contributed by atoms with van der Waals surface area (Å²) in [5, 5.41) is 26.5. The quantitative estimate of drug-likeness (QED) is 0.0733. The molecule has 0 saturated carbocycles. The smallest absolute Gasteiger partial charge is 0.490 e. The van der Waals surface area contributed by atoms with Crippen LogP contribution >= 0.6 is 0 Å². The topological polar surface area (TPSA) is 210 Å². The molecule has 4 rings (SSSR count). The van der Waals surface area contributed by atoms with E-state index in [1.807, 2.05) is 26.2 Å². The molecule has 4 aromatic rings. The monoisotopic (exact) mass is 789 g/mol. The van der Waals surface area contributed by atoms with Crippen molar-refractivity contribution < 1.29 is 60.0 Å². The van der Waals surface area contributed by atoms with E-state index in [1.165, 1.54) is 13.2 Å². The van der Waals surface area contributed by atoms with Gasteiger partial charge in [0.1, 0.15) is 17.4 Å². The van der Waals surface area contributed by atoms with E-state index < -0.39 is 41.7 Å². The highest BCUT2D eigenvalue weighted by Gasteiger charge is 2.39. The summed E-state index contributed by atoms with van der Waals surface area (Å²) in [4.78, 5) is 39.8. The lowest BCUT2D eigenvalue weighted by molar-refractivity contribution is -0.193. The number of nitrogen functional groups attached to an aromatic ring is 1. The molecule has 300 valence electrons. The average Bonchev–Trinajstić information content (AvgIpc) is 3.47. The Morgan fingerprint density at radius 1 is 1.00 bits per heavy atom. The third kappa shape index (κ3) is 14.1. The van der Waals surface area contributed by atoms with Gasteiger partial charge in [0.25, 0.3) is 0 Å². The predicted octanol–water partition coefficient (Wildman–Crippen LogP) is 5.00. The number of aromatic amines is 1. The number of amidine groups is 1. The normalized spacial score (nSPS) is 12.1. The molecule has 14 nitrogen and oxygen atoms in total. The molecule has 0 saturated heterocycles. The Bertz CT molecular complexity index is 1940. The summed E-state index contributed by atoms with van der Waals surface area (Å²) in [5.41, 5.74) is 6.52. The Morgan fingerprint density at radius 2 is 1.56 bits per heavy atom. The second-order valence-corrected chi connectivity index (χ2v) is 12.6. The van der Waals surface area contributed by atoms with Crippen LogP contribution in [-0.4, -0.2) is 99.3 Å². The number of alkyl halides is 6. The number of nitrogens with two attached hydrogens (primary N) is 1. The Morgan fingerprint density at radius 3 is 2.02 bits per heavy atom. The first-order valence-corrected chi connectivity index (χ1v) is 15.7. The number of carboxylic acids is 2. The van der Waals surface area contributed by atoms with Gasteiger partial charge in [-0.15, -0.1) is 5.10 Å². The molecule has 6 N–H and O–H groups in total. The van der Waals surface area contributed by atoms with Crippen molar-refractivity contribution in [1.29, 1.82) is 5.41 Å². The summed E-state index contributed by atoms with van der Waals surface area (Å²) < 4.78 is 92.5. The van der Waals surface area contributed by atoms with Crippen molar-refractivity contribution in [3.05, 3.63) is 99.6 Å². The number of rotatable bonds is 12. The van der Waals surface area contributed by atoms with Crippen LogP contribution in [-0.2, 0) is 16.0 Å². The zero-order valence-electron chi connectivity index (χ0n) is 29.9. The fourth-order valence-electron chi connectivity index (χ4n) is 4.79. The van der Waals surface area contributed by atoms with Crippen LogP contribution in [0.25, 0.3) is 5.82 Å². The second kappa shape index (κ2) is 18.9. The number of ether oxygens (including phenoxy) is 2. The van der Waals surface area contributed by atoms with Gasteiger partial charge < -0.3 is 30.3 Å². The molecule has 2 heterocycles. The number of hydrogen-bond acceptors (Lipinski definition) is 9. The molecule has 0 bridgehead atoms. The van der Waals surface area contributed by atoms with Crippen molar-refractivity contribution in [2.24, 2.45) is 11.1 Å². The highest BCUT2D eigenvalue weighted by atomic mass is 19.4. The zero-order valence-corrected chi connectivity index (χ0v) is 29.9. The number of nitrogens with zero attached hydrogens (tertiary/aromatic N) is 4. The van der Waals surface area contributed by atoms with E-state index in [0.717, 1.165) is 16.8 Å². The minimum Gasteiger partial charge on any atom is -0.497 e. The largest absolute Gasteiger partial charge is 0.497 e. The number of aliphatic carboxylic acids is 2. The van der Waals surface area contributed by atoms with Crippen LogP contribution in [0.15, 0.2) is 65.6 Å². The maximum Gasteiger partial charge on any atom is 0.490 e. The Labute approximate surface area is 308 Å². The molecule has 0 radical (unpaired) electrons. The first-order valence-electron chi connectivity index (χ1n) is 15.7. The highest BCUT2D eigenvalue weighted by molar-refractivity contribution is 5.94. The molecule has 2 aromatic carbocycles. The number of methoxy groups -OCH3 is 1. The maximum atomic E-state index is 16.3. The van der Waals surface area contributed by atoms with Gasteiger partial charge in [0.15, 0.2) is 17.4 Å². The molecule has 1 unspecified atom stereocenters. The van der Waals surface area contributed by atoms with Crippen LogP contribution in [0.1, 0.15) is 42.3 Å². The third-order valence-electron chi connectivity index (χ3n) is 7.04. The van der Waals surface area contributed by atoms with Crippen molar-refractivity contribution in [3.63, 3.8) is 0 Å². The minimum atomic E-state index is -5.08. The summed E-state index contributed by atoms with van der Waals surface area (Å²) in [7, 11) is 5.46. The first kappa shape index (κ1) is 45.2. The van der Waals surface area contributed by atoms with Crippen molar-refractivity contribution in [2.75, 3.05) is 34.4 Å². The SMILES string of the molecule is COc1cc(OCC(C)(C)CN(C)C)c(F)c(C(Cc2ccc(C(=N)N)cc2)c2nn(-c3ccccn3)c(=O)[nH]2)c1.O=C(O)C(F)(F)F.O=C(O)C(F)(F)F. The lowest BCUT2D eigenvalue weighted by Crippen LogP contribution is -2.33. The van der Waals surface area contributed by atoms with Crippen molar-refractivity contribution in [2.45, 2.75) is 38.5 Å². The number of hydrogen-bond donors (Lipinski definition) is 5. The molecule has 1 atom stereocenters. The Balaban J connectivity index is 0.000000633. The number of nitrogens with one attached hydrogen (secondary N) is 2. The molecule has 0 amide bonds. The summed E-state index contributed by atoms with van der Waals surface area (Å²) in [5.74, 6) is -5.80. The Kier molecular flexibility index (Phi) is 15.5. The fourth-order valence-corrected chi connectivity index (χ4v) is 4.79. The van der Waals surface area contributed by atoms with Gasteiger partial charge in [-0.25, -0.2) is 23.8 Å². The number of carbonyl (C=O) groups is 2. The lowest BCUT2D eigenvalue weighted by atomic mass is 9.90. The van der Waals surface area contributed by atoms with Gasteiger partial charge in [-0.1, -0.05) is 44.2 Å². The molecular weight excluding hydrogens is 751 g/mol. The number of H-pyrrole nitrogens is 1. The van der Waals surface area contributed by atoms with Gasteiger partial charge in [0, 0.05) is 35.3 Å². The van der Waals surface area contributed by atoms with Crippen LogP contribution in [0.5, 0.6) is 11.5 Å². The lowest BCUT2D eigenvalue weighted by Gasteiger charge is -2.28. The molecule has 0 spiro atoms. The second-order valence-electron chi connectivity index (χ2n) is 12.6. The number of pyridine rings is 1. The summed E-state index contributed by atoms with van der Waals surface area (Å²) in [6.45, 7) is 5.12. The van der Waals surface area contributed by atoms with Gasteiger partial charge in [0.2, 0.25) is 0 Å². The fraction of sp³-hybridized carbons (Fsp3) is 0.353. The molecule has 21 heteroatoms. The number of aromatic nitrogens is 4. The molecule has 0 aliphatic rings. The van der Waals surface area contributed by atoms with Crippen molar-refractivity contribution in [3.8, 4) is 17.3 Å². The van der Waals surface area contributed by atoms with Gasteiger partial charge in [-0.3, -0.25) is 10.4 Å². The molecule has 0 aliphatic heterocycles. The average molecular weight is 790 g/mol. The van der Waals surface area contributed by atoms with Gasteiger partial charge >= 0.3 is 30.0 Å². The number of benzene rings is 2. The number of halogens is 7. The van der Waals surface area contributed by atoms with Crippen LogP contribution in [0.4, 0.5) is 30.7 Å². The van der Waals surface area contributed by atoms with Gasteiger partial charge in [-0.2, -0.15) is 31.0 Å². The molecule has 55 heavy (non-hydrogen) atoms. The first-order chi connectivity index (χ1) is 25.4. The molecule has 2 aromatic heterocycles. The van der Waals surface area contributed by atoms with E-state index in [2.05, 4.69) is 33.8 Å².